The van der Waals surface area contributed by atoms with Crippen molar-refractivity contribution in [3.63, 3.8) is 0 Å². The number of hydrogen-bond donors (Lipinski definition) is 2. The average Bonchev–Trinajstić information content (AvgIpc) is 2.75. The van der Waals surface area contributed by atoms with E-state index in [1.807, 2.05) is 37.3 Å². The van der Waals surface area contributed by atoms with Gasteiger partial charge >= 0.3 is 0 Å². The molecule has 0 heterocycles. The number of nitrogens with one attached hydrogen (secondary N) is 2. The van der Waals surface area contributed by atoms with E-state index in [-0.39, 0.29) is 17.5 Å². The molecule has 162 valence electrons. The number of amides is 1. The second-order valence-electron chi connectivity index (χ2n) is 6.52. The van der Waals surface area contributed by atoms with E-state index in [9.17, 15) is 9.18 Å². The lowest BCUT2D eigenvalue weighted by molar-refractivity contribution is -0.118. The van der Waals surface area contributed by atoms with Crippen LogP contribution in [0.1, 0.15) is 12.5 Å². The summed E-state index contributed by atoms with van der Waals surface area (Å²) in [5, 5.41) is 6.02. The fourth-order valence-corrected chi connectivity index (χ4v) is 3.58. The minimum Gasteiger partial charge on any atom is -0.490 e. The van der Waals surface area contributed by atoms with Gasteiger partial charge in [0.15, 0.2) is 18.1 Å². The molecule has 0 fully saturated rings. The van der Waals surface area contributed by atoms with Crippen LogP contribution in [0.3, 0.4) is 0 Å². The summed E-state index contributed by atoms with van der Waals surface area (Å²) in [4.78, 5) is 12.2. The number of carbonyl (C=O) groups is 1. The van der Waals surface area contributed by atoms with Crippen molar-refractivity contribution in [2.75, 3.05) is 23.8 Å². The molecule has 0 bridgehead atoms. The van der Waals surface area contributed by atoms with Gasteiger partial charge in [-0.3, -0.25) is 4.79 Å². The van der Waals surface area contributed by atoms with Crippen molar-refractivity contribution in [2.24, 2.45) is 0 Å². The maximum atomic E-state index is 13.3. The van der Waals surface area contributed by atoms with Gasteiger partial charge in [0.25, 0.3) is 5.91 Å². The van der Waals surface area contributed by atoms with Crippen molar-refractivity contribution in [3.05, 3.63) is 81.5 Å². The van der Waals surface area contributed by atoms with Crippen LogP contribution in [0.4, 0.5) is 15.8 Å². The SMILES string of the molecule is CCOc1cc(CNc2ccc(F)c(Cl)c2)cc(Br)c1OCC(=O)Nc1ccccc1. The third-order valence-electron chi connectivity index (χ3n) is 4.19. The molecule has 0 radical (unpaired) electrons. The van der Waals surface area contributed by atoms with Gasteiger partial charge in [-0.1, -0.05) is 29.8 Å². The summed E-state index contributed by atoms with van der Waals surface area (Å²) in [5.41, 5.74) is 2.29. The van der Waals surface area contributed by atoms with Crippen LogP contribution in [-0.4, -0.2) is 19.1 Å². The van der Waals surface area contributed by atoms with Gasteiger partial charge in [-0.05, 0) is 70.9 Å². The maximum Gasteiger partial charge on any atom is 0.262 e. The minimum atomic E-state index is -0.466. The Bertz CT molecular complexity index is 1050. The second kappa shape index (κ2) is 11.0. The molecule has 0 aliphatic carbocycles. The van der Waals surface area contributed by atoms with Crippen LogP contribution >= 0.6 is 27.5 Å². The molecular weight excluding hydrogens is 487 g/mol. The zero-order valence-corrected chi connectivity index (χ0v) is 19.1. The highest BCUT2D eigenvalue weighted by atomic mass is 79.9. The highest BCUT2D eigenvalue weighted by Gasteiger charge is 2.14. The summed E-state index contributed by atoms with van der Waals surface area (Å²) in [6, 6.07) is 17.3. The lowest BCUT2D eigenvalue weighted by Crippen LogP contribution is -2.20. The molecule has 0 saturated heterocycles. The Kier molecular flexibility index (Phi) is 8.14. The van der Waals surface area contributed by atoms with E-state index in [2.05, 4.69) is 26.6 Å². The van der Waals surface area contributed by atoms with Gasteiger partial charge in [0.05, 0.1) is 16.1 Å². The van der Waals surface area contributed by atoms with Gasteiger partial charge in [-0.25, -0.2) is 4.39 Å². The first-order valence-corrected chi connectivity index (χ1v) is 10.7. The van der Waals surface area contributed by atoms with Crippen LogP contribution in [0.15, 0.2) is 65.1 Å². The van der Waals surface area contributed by atoms with E-state index in [0.29, 0.717) is 40.5 Å². The molecule has 3 aromatic carbocycles. The molecule has 0 atom stereocenters. The number of rotatable bonds is 9. The lowest BCUT2D eigenvalue weighted by atomic mass is 10.2. The third-order valence-corrected chi connectivity index (χ3v) is 5.07. The lowest BCUT2D eigenvalue weighted by Gasteiger charge is -2.16. The second-order valence-corrected chi connectivity index (χ2v) is 7.78. The summed E-state index contributed by atoms with van der Waals surface area (Å²) < 4.78 is 25.4. The molecular formula is C23H21BrClFN2O3. The van der Waals surface area contributed by atoms with Crippen molar-refractivity contribution in [1.29, 1.82) is 0 Å². The number of halogens is 3. The summed E-state index contributed by atoms with van der Waals surface area (Å²) in [5.74, 6) is 0.211. The highest BCUT2D eigenvalue weighted by molar-refractivity contribution is 9.10. The zero-order valence-electron chi connectivity index (χ0n) is 16.8. The number of hydrogen-bond acceptors (Lipinski definition) is 4. The summed E-state index contributed by atoms with van der Waals surface area (Å²) in [6.45, 7) is 2.59. The number of ether oxygens (including phenoxy) is 2. The van der Waals surface area contributed by atoms with E-state index in [0.717, 1.165) is 5.56 Å². The molecule has 0 aromatic heterocycles. The van der Waals surface area contributed by atoms with Crippen LogP contribution < -0.4 is 20.1 Å². The molecule has 3 aromatic rings. The molecule has 3 rings (SSSR count). The smallest absolute Gasteiger partial charge is 0.262 e. The largest absolute Gasteiger partial charge is 0.490 e. The van der Waals surface area contributed by atoms with Crippen molar-refractivity contribution in [2.45, 2.75) is 13.5 Å². The van der Waals surface area contributed by atoms with Crippen molar-refractivity contribution in [3.8, 4) is 11.5 Å². The maximum absolute atomic E-state index is 13.3. The normalized spacial score (nSPS) is 10.5. The Morgan fingerprint density at radius 1 is 1.06 bits per heavy atom. The number of carbonyl (C=O) groups excluding carboxylic acids is 1. The Morgan fingerprint density at radius 2 is 1.84 bits per heavy atom. The Labute approximate surface area is 193 Å². The molecule has 0 aliphatic rings. The monoisotopic (exact) mass is 506 g/mol. The van der Waals surface area contributed by atoms with Gasteiger partial charge in [-0.2, -0.15) is 0 Å². The first-order chi connectivity index (χ1) is 15.0. The number of para-hydroxylation sites is 1. The summed E-state index contributed by atoms with van der Waals surface area (Å²) >= 11 is 9.32. The van der Waals surface area contributed by atoms with Gasteiger partial charge in [0.2, 0.25) is 0 Å². The molecule has 2 N–H and O–H groups in total. The van der Waals surface area contributed by atoms with E-state index in [1.165, 1.54) is 12.1 Å². The summed E-state index contributed by atoms with van der Waals surface area (Å²) in [7, 11) is 0. The highest BCUT2D eigenvalue weighted by Crippen LogP contribution is 2.37. The van der Waals surface area contributed by atoms with Gasteiger partial charge in [-0.15, -0.1) is 0 Å². The van der Waals surface area contributed by atoms with Crippen LogP contribution in [0.2, 0.25) is 5.02 Å². The van der Waals surface area contributed by atoms with Crippen LogP contribution in [0.5, 0.6) is 11.5 Å². The van der Waals surface area contributed by atoms with Gasteiger partial charge in [0.1, 0.15) is 5.82 Å². The van der Waals surface area contributed by atoms with E-state index in [1.54, 1.807) is 18.2 Å². The molecule has 0 unspecified atom stereocenters. The van der Waals surface area contributed by atoms with Crippen molar-refractivity contribution in [1.82, 2.24) is 0 Å². The zero-order chi connectivity index (χ0) is 22.2. The standard InChI is InChI=1S/C23H21BrClFN2O3/c1-2-30-21-11-15(13-27-17-8-9-20(26)19(25)12-17)10-18(24)23(21)31-14-22(29)28-16-6-4-3-5-7-16/h3-12,27H,2,13-14H2,1H3,(H,28,29). The Balaban J connectivity index is 1.67. The summed E-state index contributed by atoms with van der Waals surface area (Å²) in [6.07, 6.45) is 0. The first-order valence-electron chi connectivity index (χ1n) is 9.58. The minimum absolute atomic E-state index is 0.0544. The van der Waals surface area contributed by atoms with Crippen molar-refractivity contribution >= 4 is 44.8 Å². The molecule has 5 nitrogen and oxygen atoms in total. The third kappa shape index (κ3) is 6.60. The van der Waals surface area contributed by atoms with Crippen molar-refractivity contribution < 1.29 is 18.7 Å². The molecule has 1 amide bonds. The van der Waals surface area contributed by atoms with Crippen LogP contribution in [-0.2, 0) is 11.3 Å². The first kappa shape index (κ1) is 22.9. The number of benzene rings is 3. The average molecular weight is 508 g/mol. The predicted molar refractivity (Wildman–Crippen MR) is 125 cm³/mol. The molecule has 31 heavy (non-hydrogen) atoms. The Morgan fingerprint density at radius 3 is 2.55 bits per heavy atom. The van der Waals surface area contributed by atoms with Crippen LogP contribution in [0.25, 0.3) is 0 Å². The Hall–Kier alpha value is -2.77. The molecule has 0 saturated carbocycles. The molecule has 0 aliphatic heterocycles. The molecule has 8 heteroatoms. The fourth-order valence-electron chi connectivity index (χ4n) is 2.79. The quantitative estimate of drug-likeness (QED) is 0.358. The van der Waals surface area contributed by atoms with Gasteiger partial charge < -0.3 is 20.1 Å². The fraction of sp³-hybridized carbons (Fsp3) is 0.174. The van der Waals surface area contributed by atoms with E-state index in [4.69, 9.17) is 21.1 Å². The van der Waals surface area contributed by atoms with Crippen LogP contribution in [0, 0.1) is 5.82 Å². The number of anilines is 2. The predicted octanol–water partition coefficient (Wildman–Crippen LogP) is 6.27. The molecule has 0 spiro atoms. The van der Waals surface area contributed by atoms with E-state index < -0.39 is 5.82 Å². The topological polar surface area (TPSA) is 59.6 Å². The van der Waals surface area contributed by atoms with Gasteiger partial charge in [0, 0.05) is 17.9 Å². The van der Waals surface area contributed by atoms with E-state index >= 15 is 0 Å².